The lowest BCUT2D eigenvalue weighted by Gasteiger charge is -2.05. The number of nitrogens with zero attached hydrogens (tertiary/aromatic N) is 4. The summed E-state index contributed by atoms with van der Waals surface area (Å²) in [5.41, 5.74) is 8.73. The molecule has 20 heavy (non-hydrogen) atoms. The molecule has 0 aliphatic rings. The third-order valence-corrected chi connectivity index (χ3v) is 3.16. The minimum atomic E-state index is 0.470. The van der Waals surface area contributed by atoms with Crippen molar-refractivity contribution in [1.82, 2.24) is 19.3 Å². The van der Waals surface area contributed by atoms with Crippen LogP contribution < -0.4 is 10.5 Å². The summed E-state index contributed by atoms with van der Waals surface area (Å²) < 4.78 is 9.31. The Kier molecular flexibility index (Phi) is 3.06. The van der Waals surface area contributed by atoms with Crippen LogP contribution in [0.4, 0.5) is 5.95 Å². The minimum Gasteiger partial charge on any atom is -0.492 e. The standard InChI is InChI=1S/C14H17N5O/c1-3-20-12-6-4-5-11-13(12)16-14(15)19(11)9-10-7-8-18(2)17-10/h4-8H,3,9H2,1-2H3,(H2,15,16). The SMILES string of the molecule is CCOc1cccc2c1nc(N)n2Cc1ccn(C)n1. The highest BCUT2D eigenvalue weighted by atomic mass is 16.5. The van der Waals surface area contributed by atoms with Gasteiger partial charge >= 0.3 is 0 Å². The third kappa shape index (κ3) is 2.09. The quantitative estimate of drug-likeness (QED) is 0.785. The van der Waals surface area contributed by atoms with Gasteiger partial charge in [-0.25, -0.2) is 4.98 Å². The lowest BCUT2D eigenvalue weighted by molar-refractivity contribution is 0.343. The van der Waals surface area contributed by atoms with Gasteiger partial charge in [-0.15, -0.1) is 0 Å². The van der Waals surface area contributed by atoms with E-state index in [-0.39, 0.29) is 0 Å². The van der Waals surface area contributed by atoms with Crippen LogP contribution in [0.2, 0.25) is 0 Å². The second-order valence-electron chi connectivity index (χ2n) is 4.59. The molecule has 0 amide bonds. The normalized spacial score (nSPS) is 11.1. The van der Waals surface area contributed by atoms with Crippen LogP contribution in [0.5, 0.6) is 5.75 Å². The molecule has 0 bridgehead atoms. The number of anilines is 1. The van der Waals surface area contributed by atoms with Gasteiger partial charge in [0.15, 0.2) is 0 Å². The fourth-order valence-corrected chi connectivity index (χ4v) is 2.29. The zero-order chi connectivity index (χ0) is 14.1. The van der Waals surface area contributed by atoms with E-state index in [9.17, 15) is 0 Å². The topological polar surface area (TPSA) is 70.9 Å². The van der Waals surface area contributed by atoms with Gasteiger partial charge in [0.1, 0.15) is 11.3 Å². The zero-order valence-corrected chi connectivity index (χ0v) is 11.6. The summed E-state index contributed by atoms with van der Waals surface area (Å²) in [4.78, 5) is 4.42. The van der Waals surface area contributed by atoms with Crippen LogP contribution in [0.25, 0.3) is 11.0 Å². The Bertz CT molecular complexity index is 743. The highest BCUT2D eigenvalue weighted by Crippen LogP contribution is 2.27. The number of nitrogens with two attached hydrogens (primary N) is 1. The molecule has 0 aliphatic heterocycles. The first-order valence-corrected chi connectivity index (χ1v) is 6.55. The molecule has 0 fully saturated rings. The highest BCUT2D eigenvalue weighted by molar-refractivity contribution is 5.84. The Morgan fingerprint density at radius 2 is 2.15 bits per heavy atom. The van der Waals surface area contributed by atoms with Crippen molar-refractivity contribution < 1.29 is 4.74 Å². The van der Waals surface area contributed by atoms with E-state index in [0.29, 0.717) is 19.1 Å². The summed E-state index contributed by atoms with van der Waals surface area (Å²) in [5.74, 6) is 1.23. The number of fused-ring (bicyclic) bond motifs is 1. The van der Waals surface area contributed by atoms with Gasteiger partial charge in [-0.1, -0.05) is 6.07 Å². The van der Waals surface area contributed by atoms with Crippen LogP contribution in [0.1, 0.15) is 12.6 Å². The summed E-state index contributed by atoms with van der Waals surface area (Å²) in [6.07, 6.45) is 1.91. The van der Waals surface area contributed by atoms with E-state index in [2.05, 4.69) is 10.1 Å². The molecule has 0 radical (unpaired) electrons. The molecule has 6 heteroatoms. The number of imidazole rings is 1. The first kappa shape index (κ1) is 12.5. The lowest BCUT2D eigenvalue weighted by atomic mass is 10.3. The summed E-state index contributed by atoms with van der Waals surface area (Å²) in [6, 6.07) is 7.81. The van der Waals surface area contributed by atoms with Gasteiger partial charge in [0.2, 0.25) is 5.95 Å². The maximum absolute atomic E-state index is 6.03. The van der Waals surface area contributed by atoms with E-state index >= 15 is 0 Å². The van der Waals surface area contributed by atoms with Crippen LogP contribution in [0.3, 0.4) is 0 Å². The predicted octanol–water partition coefficient (Wildman–Crippen LogP) is 1.80. The molecule has 0 atom stereocenters. The van der Waals surface area contributed by atoms with E-state index in [1.165, 1.54) is 0 Å². The molecule has 0 aliphatic carbocycles. The smallest absolute Gasteiger partial charge is 0.201 e. The van der Waals surface area contributed by atoms with Crippen molar-refractivity contribution in [1.29, 1.82) is 0 Å². The Morgan fingerprint density at radius 3 is 2.85 bits per heavy atom. The fourth-order valence-electron chi connectivity index (χ4n) is 2.29. The molecule has 0 saturated carbocycles. The minimum absolute atomic E-state index is 0.470. The Labute approximate surface area is 116 Å². The number of aromatic nitrogens is 4. The molecule has 0 saturated heterocycles. The molecule has 2 N–H and O–H groups in total. The van der Waals surface area contributed by atoms with Gasteiger partial charge in [0, 0.05) is 13.2 Å². The molecule has 3 aromatic rings. The maximum atomic E-state index is 6.03. The van der Waals surface area contributed by atoms with Crippen molar-refractivity contribution in [2.75, 3.05) is 12.3 Å². The second kappa shape index (κ2) is 4.88. The van der Waals surface area contributed by atoms with Gasteiger partial charge in [0.05, 0.1) is 24.4 Å². The predicted molar refractivity (Wildman–Crippen MR) is 77.6 cm³/mol. The molecule has 0 spiro atoms. The number of aryl methyl sites for hydroxylation is 1. The van der Waals surface area contributed by atoms with Gasteiger partial charge in [0.25, 0.3) is 0 Å². The van der Waals surface area contributed by atoms with E-state index in [1.54, 1.807) is 4.68 Å². The average molecular weight is 271 g/mol. The van der Waals surface area contributed by atoms with Crippen molar-refractivity contribution in [2.24, 2.45) is 7.05 Å². The summed E-state index contributed by atoms with van der Waals surface area (Å²) in [6.45, 7) is 3.15. The molecule has 0 unspecified atom stereocenters. The van der Waals surface area contributed by atoms with Crippen molar-refractivity contribution >= 4 is 17.0 Å². The van der Waals surface area contributed by atoms with Gasteiger partial charge in [-0.3, -0.25) is 4.68 Å². The number of ether oxygens (including phenoxy) is 1. The molecule has 1 aromatic carbocycles. The van der Waals surface area contributed by atoms with Gasteiger partial charge in [-0.2, -0.15) is 5.10 Å². The lowest BCUT2D eigenvalue weighted by Crippen LogP contribution is -2.05. The number of benzene rings is 1. The molecule has 3 rings (SSSR count). The fraction of sp³-hybridized carbons (Fsp3) is 0.286. The van der Waals surface area contributed by atoms with Crippen LogP contribution in [0, 0.1) is 0 Å². The number of nitrogen functional groups attached to an aromatic ring is 1. The first-order chi connectivity index (χ1) is 9.69. The van der Waals surface area contributed by atoms with Crippen LogP contribution in [-0.2, 0) is 13.6 Å². The van der Waals surface area contributed by atoms with E-state index in [0.717, 1.165) is 22.5 Å². The number of rotatable bonds is 4. The van der Waals surface area contributed by atoms with Crippen molar-refractivity contribution in [3.63, 3.8) is 0 Å². The van der Waals surface area contributed by atoms with E-state index in [1.807, 2.05) is 49.0 Å². The zero-order valence-electron chi connectivity index (χ0n) is 11.6. The van der Waals surface area contributed by atoms with Gasteiger partial charge < -0.3 is 15.0 Å². The molecular formula is C14H17N5O. The van der Waals surface area contributed by atoms with E-state index < -0.39 is 0 Å². The average Bonchev–Trinajstić information content (AvgIpc) is 2.97. The molecular weight excluding hydrogens is 254 g/mol. The Morgan fingerprint density at radius 1 is 1.30 bits per heavy atom. The largest absolute Gasteiger partial charge is 0.492 e. The summed E-state index contributed by atoms with van der Waals surface area (Å²) in [7, 11) is 1.89. The number of para-hydroxylation sites is 1. The maximum Gasteiger partial charge on any atom is 0.201 e. The summed E-state index contributed by atoms with van der Waals surface area (Å²) >= 11 is 0. The molecule has 2 heterocycles. The van der Waals surface area contributed by atoms with Crippen LogP contribution in [-0.4, -0.2) is 25.9 Å². The Hall–Kier alpha value is -2.50. The highest BCUT2D eigenvalue weighted by Gasteiger charge is 2.13. The van der Waals surface area contributed by atoms with Gasteiger partial charge in [-0.05, 0) is 25.1 Å². The number of hydrogen-bond acceptors (Lipinski definition) is 4. The van der Waals surface area contributed by atoms with Crippen LogP contribution >= 0.6 is 0 Å². The van der Waals surface area contributed by atoms with Crippen molar-refractivity contribution in [3.8, 4) is 5.75 Å². The molecule has 2 aromatic heterocycles. The van der Waals surface area contributed by atoms with Crippen molar-refractivity contribution in [2.45, 2.75) is 13.5 Å². The third-order valence-electron chi connectivity index (χ3n) is 3.16. The molecule has 104 valence electrons. The molecule has 6 nitrogen and oxygen atoms in total. The summed E-state index contributed by atoms with van der Waals surface area (Å²) in [5, 5.41) is 4.37. The monoisotopic (exact) mass is 271 g/mol. The van der Waals surface area contributed by atoms with E-state index in [4.69, 9.17) is 10.5 Å². The first-order valence-electron chi connectivity index (χ1n) is 6.55. The second-order valence-corrected chi connectivity index (χ2v) is 4.59. The van der Waals surface area contributed by atoms with Crippen molar-refractivity contribution in [3.05, 3.63) is 36.2 Å². The Balaban J connectivity index is 2.06. The number of hydrogen-bond donors (Lipinski definition) is 1. The van der Waals surface area contributed by atoms with Crippen LogP contribution in [0.15, 0.2) is 30.5 Å².